The predicted molar refractivity (Wildman–Crippen MR) is 109 cm³/mol. The standard InChI is InChI=1S/C21H25N5O3/c1-3-29-21(28)25-12-10-24(11-13-25)20-22-9-8-17(23-20)19(27)26-15(2)14-16-6-4-5-7-18(16)26/h4-9,15H,3,10-14H2,1-2H3. The number of para-hydroxylation sites is 1. The summed E-state index contributed by atoms with van der Waals surface area (Å²) in [6.07, 6.45) is 2.17. The van der Waals surface area contributed by atoms with Crippen LogP contribution in [0.5, 0.6) is 0 Å². The van der Waals surface area contributed by atoms with Crippen molar-refractivity contribution in [3.05, 3.63) is 47.8 Å². The first-order valence-electron chi connectivity index (χ1n) is 9.99. The van der Waals surface area contributed by atoms with Gasteiger partial charge in [-0.15, -0.1) is 0 Å². The molecule has 1 unspecified atom stereocenters. The zero-order valence-corrected chi connectivity index (χ0v) is 16.7. The van der Waals surface area contributed by atoms with Crippen LogP contribution in [0.3, 0.4) is 0 Å². The van der Waals surface area contributed by atoms with Crippen molar-refractivity contribution in [2.75, 3.05) is 42.6 Å². The average molecular weight is 395 g/mol. The summed E-state index contributed by atoms with van der Waals surface area (Å²) in [5.41, 5.74) is 2.51. The van der Waals surface area contributed by atoms with Crippen LogP contribution < -0.4 is 9.80 Å². The summed E-state index contributed by atoms with van der Waals surface area (Å²) >= 11 is 0. The molecule has 0 aliphatic carbocycles. The fraction of sp³-hybridized carbons (Fsp3) is 0.429. The first-order chi connectivity index (χ1) is 14.1. The van der Waals surface area contributed by atoms with E-state index in [0.29, 0.717) is 44.4 Å². The van der Waals surface area contributed by atoms with Crippen molar-refractivity contribution in [2.24, 2.45) is 0 Å². The third-order valence-corrected chi connectivity index (χ3v) is 5.38. The Bertz CT molecular complexity index is 911. The minimum Gasteiger partial charge on any atom is -0.450 e. The van der Waals surface area contributed by atoms with Crippen LogP contribution in [0.15, 0.2) is 36.5 Å². The van der Waals surface area contributed by atoms with Crippen LogP contribution in [0, 0.1) is 0 Å². The van der Waals surface area contributed by atoms with Gasteiger partial charge in [0.1, 0.15) is 5.69 Å². The molecule has 152 valence electrons. The van der Waals surface area contributed by atoms with Gasteiger partial charge in [-0.2, -0.15) is 0 Å². The van der Waals surface area contributed by atoms with E-state index in [2.05, 4.69) is 23.0 Å². The zero-order valence-electron chi connectivity index (χ0n) is 16.7. The smallest absolute Gasteiger partial charge is 0.409 e. The molecule has 1 fully saturated rings. The molecule has 0 bridgehead atoms. The van der Waals surface area contributed by atoms with Gasteiger partial charge in [0.2, 0.25) is 5.95 Å². The Balaban J connectivity index is 1.49. The van der Waals surface area contributed by atoms with E-state index < -0.39 is 0 Å². The molecule has 0 N–H and O–H groups in total. The Morgan fingerprint density at radius 3 is 2.66 bits per heavy atom. The summed E-state index contributed by atoms with van der Waals surface area (Å²) in [5.74, 6) is 0.399. The Labute approximate surface area is 170 Å². The molecular formula is C21H25N5O3. The fourth-order valence-corrected chi connectivity index (χ4v) is 3.92. The molecule has 2 amide bonds. The lowest BCUT2D eigenvalue weighted by molar-refractivity contribution is 0.0976. The lowest BCUT2D eigenvalue weighted by Gasteiger charge is -2.34. The number of hydrogen-bond donors (Lipinski definition) is 0. The van der Waals surface area contributed by atoms with Crippen molar-refractivity contribution in [1.29, 1.82) is 0 Å². The second-order valence-electron chi connectivity index (χ2n) is 7.27. The van der Waals surface area contributed by atoms with E-state index in [9.17, 15) is 9.59 Å². The van der Waals surface area contributed by atoms with E-state index in [0.717, 1.165) is 12.1 Å². The molecule has 0 spiro atoms. The van der Waals surface area contributed by atoms with E-state index in [4.69, 9.17) is 4.74 Å². The Morgan fingerprint density at radius 2 is 1.90 bits per heavy atom. The lowest BCUT2D eigenvalue weighted by Crippen LogP contribution is -2.49. The first kappa shape index (κ1) is 19.2. The molecule has 4 rings (SSSR count). The SMILES string of the molecule is CCOC(=O)N1CCN(c2nccc(C(=O)N3c4ccccc4CC3C)n2)CC1. The molecule has 1 aromatic carbocycles. The number of nitrogens with zero attached hydrogens (tertiary/aromatic N) is 5. The number of hydrogen-bond acceptors (Lipinski definition) is 6. The number of amides is 2. The molecule has 8 heteroatoms. The Morgan fingerprint density at radius 1 is 1.14 bits per heavy atom. The highest BCUT2D eigenvalue weighted by Gasteiger charge is 2.32. The summed E-state index contributed by atoms with van der Waals surface area (Å²) in [4.78, 5) is 39.5. The highest BCUT2D eigenvalue weighted by atomic mass is 16.6. The summed E-state index contributed by atoms with van der Waals surface area (Å²) in [6.45, 7) is 6.48. The second-order valence-corrected chi connectivity index (χ2v) is 7.27. The molecule has 2 aliphatic heterocycles. The largest absolute Gasteiger partial charge is 0.450 e. The van der Waals surface area contributed by atoms with Crippen molar-refractivity contribution >= 4 is 23.6 Å². The maximum Gasteiger partial charge on any atom is 0.409 e. The van der Waals surface area contributed by atoms with Crippen molar-refractivity contribution in [3.8, 4) is 0 Å². The van der Waals surface area contributed by atoms with Crippen molar-refractivity contribution in [2.45, 2.75) is 26.3 Å². The number of carbonyl (C=O) groups excluding carboxylic acids is 2. The number of fused-ring (bicyclic) bond motifs is 1. The van der Waals surface area contributed by atoms with Gasteiger partial charge in [-0.3, -0.25) is 4.79 Å². The number of ether oxygens (including phenoxy) is 1. The maximum atomic E-state index is 13.2. The summed E-state index contributed by atoms with van der Waals surface area (Å²) in [7, 11) is 0. The van der Waals surface area contributed by atoms with Crippen LogP contribution in [-0.4, -0.2) is 65.7 Å². The quantitative estimate of drug-likeness (QED) is 0.794. The number of benzene rings is 1. The van der Waals surface area contributed by atoms with Crippen LogP contribution in [0.25, 0.3) is 0 Å². The third-order valence-electron chi connectivity index (χ3n) is 5.38. The predicted octanol–water partition coefficient (Wildman–Crippen LogP) is 2.35. The van der Waals surface area contributed by atoms with E-state index in [1.165, 1.54) is 5.56 Å². The second kappa shape index (κ2) is 8.06. The molecule has 8 nitrogen and oxygen atoms in total. The summed E-state index contributed by atoms with van der Waals surface area (Å²) in [5, 5.41) is 0. The van der Waals surface area contributed by atoms with Gasteiger partial charge in [-0.05, 0) is 38.0 Å². The molecule has 29 heavy (non-hydrogen) atoms. The molecule has 3 heterocycles. The maximum absolute atomic E-state index is 13.2. The molecule has 1 saturated heterocycles. The lowest BCUT2D eigenvalue weighted by atomic mass is 10.1. The number of piperazine rings is 1. The van der Waals surface area contributed by atoms with E-state index in [1.54, 1.807) is 24.1 Å². The van der Waals surface area contributed by atoms with Gasteiger partial charge >= 0.3 is 6.09 Å². The fourth-order valence-electron chi connectivity index (χ4n) is 3.92. The van der Waals surface area contributed by atoms with Gasteiger partial charge in [0, 0.05) is 44.1 Å². The molecule has 2 aliphatic rings. The molecule has 2 aromatic rings. The van der Waals surface area contributed by atoms with E-state index in [-0.39, 0.29) is 18.0 Å². The van der Waals surface area contributed by atoms with Crippen molar-refractivity contribution in [3.63, 3.8) is 0 Å². The molecule has 0 radical (unpaired) electrons. The monoisotopic (exact) mass is 395 g/mol. The normalized spacial score (nSPS) is 18.6. The van der Waals surface area contributed by atoms with Crippen LogP contribution in [-0.2, 0) is 11.2 Å². The van der Waals surface area contributed by atoms with Gasteiger partial charge in [0.05, 0.1) is 6.61 Å². The van der Waals surface area contributed by atoms with Crippen molar-refractivity contribution in [1.82, 2.24) is 14.9 Å². The Kier molecular flexibility index (Phi) is 5.33. The van der Waals surface area contributed by atoms with Gasteiger partial charge in [-0.25, -0.2) is 14.8 Å². The number of rotatable bonds is 3. The molecule has 1 atom stereocenters. The Hall–Kier alpha value is -3.16. The highest BCUT2D eigenvalue weighted by molar-refractivity contribution is 6.06. The summed E-state index contributed by atoms with van der Waals surface area (Å²) in [6, 6.07) is 9.74. The minimum atomic E-state index is -0.293. The van der Waals surface area contributed by atoms with Gasteiger partial charge in [0.15, 0.2) is 0 Å². The molecule has 1 aromatic heterocycles. The van der Waals surface area contributed by atoms with Crippen LogP contribution >= 0.6 is 0 Å². The van der Waals surface area contributed by atoms with Crippen molar-refractivity contribution < 1.29 is 14.3 Å². The van der Waals surface area contributed by atoms with E-state index >= 15 is 0 Å². The molecule has 0 saturated carbocycles. The number of anilines is 2. The van der Waals surface area contributed by atoms with Gasteiger partial charge in [0.25, 0.3) is 5.91 Å². The van der Waals surface area contributed by atoms with Gasteiger partial charge < -0.3 is 19.4 Å². The van der Waals surface area contributed by atoms with E-state index in [1.807, 2.05) is 28.0 Å². The zero-order chi connectivity index (χ0) is 20.4. The number of carbonyl (C=O) groups is 2. The highest BCUT2D eigenvalue weighted by Crippen LogP contribution is 2.32. The topological polar surface area (TPSA) is 78.9 Å². The molecular weight excluding hydrogens is 370 g/mol. The van der Waals surface area contributed by atoms with Crippen LogP contribution in [0.1, 0.15) is 29.9 Å². The average Bonchev–Trinajstić information content (AvgIpc) is 3.09. The van der Waals surface area contributed by atoms with Crippen LogP contribution in [0.4, 0.5) is 16.4 Å². The third kappa shape index (κ3) is 3.74. The minimum absolute atomic E-state index is 0.0893. The van der Waals surface area contributed by atoms with Gasteiger partial charge in [-0.1, -0.05) is 18.2 Å². The first-order valence-corrected chi connectivity index (χ1v) is 9.99. The number of aromatic nitrogens is 2. The summed E-state index contributed by atoms with van der Waals surface area (Å²) < 4.78 is 5.06. The van der Waals surface area contributed by atoms with Crippen LogP contribution in [0.2, 0.25) is 0 Å².